The fraction of sp³-hybridized carbons (Fsp3) is 0.515. The molecule has 3 N–H and O–H groups in total. The van der Waals surface area contributed by atoms with Crippen molar-refractivity contribution in [2.45, 2.75) is 65.5 Å². The van der Waals surface area contributed by atoms with Crippen LogP contribution >= 0.6 is 0 Å². The van der Waals surface area contributed by atoms with Gasteiger partial charge >= 0.3 is 5.97 Å². The van der Waals surface area contributed by atoms with E-state index in [0.29, 0.717) is 25.3 Å². The van der Waals surface area contributed by atoms with Gasteiger partial charge in [0.25, 0.3) is 11.8 Å². The zero-order valence-electron chi connectivity index (χ0n) is 26.7. The van der Waals surface area contributed by atoms with Crippen molar-refractivity contribution in [3.8, 4) is 5.75 Å². The van der Waals surface area contributed by atoms with Crippen LogP contribution in [0.1, 0.15) is 68.8 Å². The number of amides is 2. The van der Waals surface area contributed by atoms with E-state index in [-0.39, 0.29) is 36.4 Å². The first-order valence-electron chi connectivity index (χ1n) is 15.5. The first-order valence-corrected chi connectivity index (χ1v) is 15.5. The summed E-state index contributed by atoms with van der Waals surface area (Å²) in [4.78, 5) is 50.2. The van der Waals surface area contributed by atoms with Crippen molar-refractivity contribution in [3.05, 3.63) is 59.4 Å². The number of aliphatic imine (C=N–C) groups is 1. The van der Waals surface area contributed by atoms with Gasteiger partial charge in [0.1, 0.15) is 11.6 Å². The summed E-state index contributed by atoms with van der Waals surface area (Å²) in [5.74, 6) is -0.335. The van der Waals surface area contributed by atoms with Crippen LogP contribution in [0.2, 0.25) is 0 Å². The second kappa shape index (κ2) is 15.6. The molecule has 0 atom stereocenters. The molecular weight excluding hydrogens is 579 g/mol. The maximum absolute atomic E-state index is 15.2. The number of hydroxylamine groups is 1. The van der Waals surface area contributed by atoms with Gasteiger partial charge in [-0.15, -0.1) is 0 Å². The molecule has 2 aliphatic heterocycles. The highest BCUT2D eigenvalue weighted by molar-refractivity contribution is 5.94. The van der Waals surface area contributed by atoms with E-state index in [9.17, 15) is 14.4 Å². The van der Waals surface area contributed by atoms with Gasteiger partial charge in [0.15, 0.2) is 5.96 Å². The average molecular weight is 625 g/mol. The molecule has 244 valence electrons. The molecule has 1 saturated heterocycles. The molecule has 0 aromatic heterocycles. The minimum Gasteiger partial charge on any atom is -0.497 e. The highest BCUT2D eigenvalue weighted by Gasteiger charge is 2.29. The molecule has 0 spiro atoms. The molecule has 2 aromatic carbocycles. The van der Waals surface area contributed by atoms with Crippen molar-refractivity contribution in [2.24, 2.45) is 10.4 Å². The molecule has 0 bridgehead atoms. The lowest BCUT2D eigenvalue weighted by molar-refractivity contribution is -0.158. The maximum atomic E-state index is 15.2. The zero-order chi connectivity index (χ0) is 32.4. The van der Waals surface area contributed by atoms with Crippen molar-refractivity contribution in [1.29, 1.82) is 0 Å². The second-order valence-corrected chi connectivity index (χ2v) is 12.6. The van der Waals surface area contributed by atoms with Gasteiger partial charge in [-0.1, -0.05) is 32.9 Å². The normalized spacial score (nSPS) is 15.4. The standard InChI is InChI=1S/C33H45FN6O5/c1-33(2,3)21-29(41)38-45-30(42)12-17-35-31(43)24-8-11-28(27(34)20-24)39-18-13-25(14-19-39)40(32-36-15-5-16-37-32)22-23-6-9-26(44-4)10-7-23/h6-11,20,25H,5,12-19,21-22H2,1-4H3,(H,35,43)(H,36,37)(H,38,41). The van der Waals surface area contributed by atoms with Crippen LogP contribution in [0.5, 0.6) is 5.75 Å². The van der Waals surface area contributed by atoms with Gasteiger partial charge in [0.2, 0.25) is 0 Å². The Labute approximate surface area is 264 Å². The largest absolute Gasteiger partial charge is 0.497 e. The van der Waals surface area contributed by atoms with E-state index in [4.69, 9.17) is 14.6 Å². The highest BCUT2D eigenvalue weighted by atomic mass is 19.1. The van der Waals surface area contributed by atoms with Crippen LogP contribution < -0.4 is 25.8 Å². The number of carbonyl (C=O) groups excluding carboxylic acids is 3. The van der Waals surface area contributed by atoms with Crippen LogP contribution in [0.4, 0.5) is 10.1 Å². The van der Waals surface area contributed by atoms with E-state index >= 15 is 4.39 Å². The molecule has 45 heavy (non-hydrogen) atoms. The highest BCUT2D eigenvalue weighted by Crippen LogP contribution is 2.27. The minimum absolute atomic E-state index is 0.0170. The monoisotopic (exact) mass is 624 g/mol. The lowest BCUT2D eigenvalue weighted by Crippen LogP contribution is -2.52. The van der Waals surface area contributed by atoms with E-state index in [0.717, 1.165) is 49.6 Å². The number of piperidine rings is 1. The summed E-state index contributed by atoms with van der Waals surface area (Å²) in [6, 6.07) is 12.7. The fourth-order valence-electron chi connectivity index (χ4n) is 5.40. The summed E-state index contributed by atoms with van der Waals surface area (Å²) in [7, 11) is 1.65. The van der Waals surface area contributed by atoms with Crippen molar-refractivity contribution in [1.82, 2.24) is 21.0 Å². The summed E-state index contributed by atoms with van der Waals surface area (Å²) < 4.78 is 20.6. The number of methoxy groups -OCH3 is 1. The number of ether oxygens (including phenoxy) is 1. The molecule has 12 heteroatoms. The molecule has 1 fully saturated rings. The average Bonchev–Trinajstić information content (AvgIpc) is 3.02. The quantitative estimate of drug-likeness (QED) is 0.341. The van der Waals surface area contributed by atoms with E-state index in [1.54, 1.807) is 19.2 Å². The molecule has 2 heterocycles. The lowest BCUT2D eigenvalue weighted by atomic mass is 9.92. The maximum Gasteiger partial charge on any atom is 0.334 e. The van der Waals surface area contributed by atoms with Crippen molar-refractivity contribution < 1.29 is 28.3 Å². The molecule has 0 aliphatic carbocycles. The Morgan fingerprint density at radius 1 is 1.11 bits per heavy atom. The third-order valence-corrected chi connectivity index (χ3v) is 7.70. The van der Waals surface area contributed by atoms with Gasteiger partial charge in [-0.3, -0.25) is 14.6 Å². The molecule has 0 radical (unpaired) electrons. The van der Waals surface area contributed by atoms with Crippen LogP contribution in [0, 0.1) is 11.2 Å². The van der Waals surface area contributed by atoms with E-state index in [2.05, 4.69) is 33.1 Å². The molecule has 4 rings (SSSR count). The minimum atomic E-state index is -0.684. The summed E-state index contributed by atoms with van der Waals surface area (Å²) >= 11 is 0. The number of carbonyl (C=O) groups is 3. The third kappa shape index (κ3) is 10.1. The summed E-state index contributed by atoms with van der Waals surface area (Å²) in [5.41, 5.74) is 3.65. The topological polar surface area (TPSA) is 125 Å². The molecule has 0 saturated carbocycles. The number of anilines is 1. The molecular formula is C33H45FN6O5. The number of benzene rings is 2. The lowest BCUT2D eigenvalue weighted by Gasteiger charge is -2.41. The number of nitrogens with zero attached hydrogens (tertiary/aromatic N) is 3. The Morgan fingerprint density at radius 3 is 2.47 bits per heavy atom. The summed E-state index contributed by atoms with van der Waals surface area (Å²) in [6.07, 6.45) is 2.72. The van der Waals surface area contributed by atoms with Gasteiger partial charge in [0.05, 0.1) is 19.2 Å². The van der Waals surface area contributed by atoms with Crippen LogP contribution in [0.3, 0.4) is 0 Å². The van der Waals surface area contributed by atoms with Crippen molar-refractivity contribution in [2.75, 3.05) is 44.7 Å². The van der Waals surface area contributed by atoms with E-state index < -0.39 is 23.6 Å². The van der Waals surface area contributed by atoms with Gasteiger partial charge < -0.3 is 30.0 Å². The first kappa shape index (κ1) is 33.5. The number of hydrogen-bond donors (Lipinski definition) is 3. The van der Waals surface area contributed by atoms with E-state index in [1.807, 2.05) is 37.8 Å². The SMILES string of the molecule is COc1ccc(CN(C2=NCCCN2)C2CCN(c3ccc(C(=O)NCCC(=O)ONC(=O)CC(C)(C)C)cc3F)CC2)cc1. The first-order chi connectivity index (χ1) is 21.5. The molecule has 2 amide bonds. The summed E-state index contributed by atoms with van der Waals surface area (Å²) in [6.45, 7) is 9.39. The Bertz CT molecular complexity index is 1350. The fourth-order valence-corrected chi connectivity index (χ4v) is 5.40. The zero-order valence-corrected chi connectivity index (χ0v) is 26.7. The second-order valence-electron chi connectivity index (χ2n) is 12.6. The van der Waals surface area contributed by atoms with Crippen molar-refractivity contribution >= 4 is 29.4 Å². The number of hydrogen-bond acceptors (Lipinski definition) is 9. The van der Waals surface area contributed by atoms with Crippen molar-refractivity contribution in [3.63, 3.8) is 0 Å². The predicted molar refractivity (Wildman–Crippen MR) is 170 cm³/mol. The Morgan fingerprint density at radius 2 is 1.84 bits per heavy atom. The Kier molecular flexibility index (Phi) is 11.6. The smallest absolute Gasteiger partial charge is 0.334 e. The summed E-state index contributed by atoms with van der Waals surface area (Å²) in [5, 5.41) is 6.06. The third-order valence-electron chi connectivity index (χ3n) is 7.70. The van der Waals surface area contributed by atoms with Gasteiger partial charge in [0, 0.05) is 57.3 Å². The van der Waals surface area contributed by atoms with Crippen LogP contribution in [-0.2, 0) is 21.0 Å². The van der Waals surface area contributed by atoms with Gasteiger partial charge in [-0.05, 0) is 60.6 Å². The number of guanidine groups is 1. The van der Waals surface area contributed by atoms with Crippen LogP contribution in [0.15, 0.2) is 47.5 Å². The molecule has 2 aliphatic rings. The molecule has 0 unspecified atom stereocenters. The number of nitrogens with one attached hydrogen (secondary N) is 3. The van der Waals surface area contributed by atoms with Gasteiger partial charge in [-0.2, -0.15) is 5.48 Å². The molecule has 11 nitrogen and oxygen atoms in total. The molecule has 2 aromatic rings. The Hall–Kier alpha value is -4.35. The number of halogens is 1. The van der Waals surface area contributed by atoms with Gasteiger partial charge in [-0.25, -0.2) is 9.18 Å². The number of rotatable bonds is 10. The van der Waals surface area contributed by atoms with E-state index in [1.165, 1.54) is 6.07 Å². The predicted octanol–water partition coefficient (Wildman–Crippen LogP) is 3.79. The Balaban J connectivity index is 1.28. The van der Waals surface area contributed by atoms with Crippen LogP contribution in [-0.4, -0.2) is 74.5 Å². The van der Waals surface area contributed by atoms with Crippen LogP contribution in [0.25, 0.3) is 0 Å².